The summed E-state index contributed by atoms with van der Waals surface area (Å²) in [5.74, 6) is -0.0681. The number of anilines is 1. The first-order valence-electron chi connectivity index (χ1n) is 7.68. The third-order valence-electron chi connectivity index (χ3n) is 3.36. The number of hydrogen-bond acceptors (Lipinski definition) is 4. The lowest BCUT2D eigenvalue weighted by molar-refractivity contribution is -0.117. The number of nitrogens with zero attached hydrogens (tertiary/aromatic N) is 1. The van der Waals surface area contributed by atoms with Crippen molar-refractivity contribution in [2.75, 3.05) is 31.6 Å². The molecule has 2 aromatic rings. The number of carbonyl (C=O) groups excluding carboxylic acids is 1. The molecule has 0 aromatic heterocycles. The molecule has 0 saturated carbocycles. The van der Waals surface area contributed by atoms with Crippen LogP contribution in [0.25, 0.3) is 0 Å². The molecule has 0 spiro atoms. The average Bonchev–Trinajstić information content (AvgIpc) is 2.57. The van der Waals surface area contributed by atoms with Gasteiger partial charge in [-0.05, 0) is 30.8 Å². The summed E-state index contributed by atoms with van der Waals surface area (Å²) < 4.78 is 0. The number of likely N-dealkylation sites (N-methyl/N-ethyl adjacent to an activating group) is 1. The highest BCUT2D eigenvalue weighted by molar-refractivity contribution is 7.99. The second-order valence-electron chi connectivity index (χ2n) is 5.05. The van der Waals surface area contributed by atoms with E-state index in [0.29, 0.717) is 6.54 Å². The molecule has 1 amide bonds. The van der Waals surface area contributed by atoms with Gasteiger partial charge < -0.3 is 10.4 Å². The topological polar surface area (TPSA) is 52.6 Å². The Hall–Kier alpha value is -1.82. The maximum Gasteiger partial charge on any atom is 0.238 e. The highest BCUT2D eigenvalue weighted by atomic mass is 32.2. The molecule has 0 aliphatic rings. The van der Waals surface area contributed by atoms with Crippen molar-refractivity contribution >= 4 is 23.4 Å². The Bertz CT molecular complexity index is 619. The molecule has 2 aromatic carbocycles. The van der Waals surface area contributed by atoms with Crippen molar-refractivity contribution in [2.45, 2.75) is 16.7 Å². The fraction of sp³-hybridized carbons (Fsp3) is 0.278. The molecule has 122 valence electrons. The summed E-state index contributed by atoms with van der Waals surface area (Å²) in [7, 11) is 0. The Morgan fingerprint density at radius 1 is 1.13 bits per heavy atom. The summed E-state index contributed by atoms with van der Waals surface area (Å²) in [6, 6.07) is 17.9. The van der Waals surface area contributed by atoms with Crippen LogP contribution < -0.4 is 5.32 Å². The monoisotopic (exact) mass is 330 g/mol. The summed E-state index contributed by atoms with van der Waals surface area (Å²) in [5.41, 5.74) is 0.811. The van der Waals surface area contributed by atoms with Gasteiger partial charge in [0.15, 0.2) is 0 Å². The molecule has 5 heteroatoms. The van der Waals surface area contributed by atoms with E-state index in [1.165, 1.54) is 0 Å². The van der Waals surface area contributed by atoms with Crippen LogP contribution >= 0.6 is 11.8 Å². The first-order chi connectivity index (χ1) is 11.2. The van der Waals surface area contributed by atoms with Gasteiger partial charge in [0.25, 0.3) is 0 Å². The van der Waals surface area contributed by atoms with Gasteiger partial charge in [0.1, 0.15) is 0 Å². The van der Waals surface area contributed by atoms with E-state index in [1.807, 2.05) is 66.4 Å². The Morgan fingerprint density at radius 3 is 2.52 bits per heavy atom. The lowest BCUT2D eigenvalue weighted by atomic mass is 10.3. The maximum absolute atomic E-state index is 12.2. The minimum atomic E-state index is -0.0681. The molecular formula is C18H22N2O2S. The van der Waals surface area contributed by atoms with E-state index < -0.39 is 0 Å². The molecule has 0 atom stereocenters. The second-order valence-corrected chi connectivity index (χ2v) is 6.17. The van der Waals surface area contributed by atoms with E-state index in [2.05, 4.69) is 5.32 Å². The minimum absolute atomic E-state index is 0.0571. The van der Waals surface area contributed by atoms with Gasteiger partial charge in [0.05, 0.1) is 18.8 Å². The fourth-order valence-electron chi connectivity index (χ4n) is 2.16. The minimum Gasteiger partial charge on any atom is -0.395 e. The van der Waals surface area contributed by atoms with Crippen LogP contribution in [-0.4, -0.2) is 42.2 Å². The van der Waals surface area contributed by atoms with E-state index in [0.717, 1.165) is 22.0 Å². The van der Waals surface area contributed by atoms with Gasteiger partial charge in [-0.3, -0.25) is 9.69 Å². The van der Waals surface area contributed by atoms with E-state index >= 15 is 0 Å². The predicted octanol–water partition coefficient (Wildman–Crippen LogP) is 3.09. The number of aliphatic hydroxyl groups is 1. The molecule has 2 rings (SSSR count). The Balaban J connectivity index is 2.04. The maximum atomic E-state index is 12.2. The zero-order valence-corrected chi connectivity index (χ0v) is 14.1. The zero-order valence-electron chi connectivity index (χ0n) is 13.2. The molecule has 0 fully saturated rings. The first kappa shape index (κ1) is 17.5. The van der Waals surface area contributed by atoms with Crippen molar-refractivity contribution in [1.82, 2.24) is 4.90 Å². The molecular weight excluding hydrogens is 308 g/mol. The number of benzene rings is 2. The highest BCUT2D eigenvalue weighted by Gasteiger charge is 2.11. The lowest BCUT2D eigenvalue weighted by Crippen LogP contribution is -2.35. The van der Waals surface area contributed by atoms with E-state index in [4.69, 9.17) is 5.11 Å². The number of aliphatic hydroxyl groups excluding tert-OH is 1. The van der Waals surface area contributed by atoms with Crippen molar-refractivity contribution in [3.63, 3.8) is 0 Å². The number of amides is 1. The summed E-state index contributed by atoms with van der Waals surface area (Å²) in [6.45, 7) is 3.55. The molecule has 2 N–H and O–H groups in total. The molecule has 0 bridgehead atoms. The predicted molar refractivity (Wildman–Crippen MR) is 94.8 cm³/mol. The van der Waals surface area contributed by atoms with Crippen molar-refractivity contribution in [1.29, 1.82) is 0 Å². The van der Waals surface area contributed by atoms with Crippen LogP contribution in [0.2, 0.25) is 0 Å². The highest BCUT2D eigenvalue weighted by Crippen LogP contribution is 2.33. The number of rotatable bonds is 8. The fourth-order valence-corrected chi connectivity index (χ4v) is 3.08. The molecule has 0 radical (unpaired) electrons. The quantitative estimate of drug-likeness (QED) is 0.781. The summed E-state index contributed by atoms with van der Waals surface area (Å²) in [5, 5.41) is 12.0. The Kier molecular flexibility index (Phi) is 7.13. The molecule has 0 heterocycles. The van der Waals surface area contributed by atoms with Crippen LogP contribution in [-0.2, 0) is 4.79 Å². The average molecular weight is 330 g/mol. The van der Waals surface area contributed by atoms with Crippen molar-refractivity contribution < 1.29 is 9.90 Å². The molecule has 0 saturated heterocycles. The van der Waals surface area contributed by atoms with Gasteiger partial charge in [0.2, 0.25) is 5.91 Å². The Labute approximate surface area is 141 Å². The van der Waals surface area contributed by atoms with Crippen LogP contribution in [0.4, 0.5) is 5.69 Å². The number of para-hydroxylation sites is 1. The van der Waals surface area contributed by atoms with Gasteiger partial charge >= 0.3 is 0 Å². The summed E-state index contributed by atoms with van der Waals surface area (Å²) in [4.78, 5) is 16.3. The van der Waals surface area contributed by atoms with Crippen molar-refractivity contribution in [3.8, 4) is 0 Å². The molecule has 23 heavy (non-hydrogen) atoms. The number of carbonyl (C=O) groups is 1. The third kappa shape index (κ3) is 5.71. The van der Waals surface area contributed by atoms with Gasteiger partial charge in [-0.1, -0.05) is 49.0 Å². The zero-order chi connectivity index (χ0) is 16.5. The first-order valence-corrected chi connectivity index (χ1v) is 8.49. The molecule has 0 aliphatic carbocycles. The smallest absolute Gasteiger partial charge is 0.238 e. The van der Waals surface area contributed by atoms with E-state index in [-0.39, 0.29) is 19.1 Å². The summed E-state index contributed by atoms with van der Waals surface area (Å²) in [6.07, 6.45) is 0. The van der Waals surface area contributed by atoms with Crippen molar-refractivity contribution in [2.24, 2.45) is 0 Å². The van der Waals surface area contributed by atoms with Crippen molar-refractivity contribution in [3.05, 3.63) is 54.6 Å². The van der Waals surface area contributed by atoms with Crippen LogP contribution in [0.15, 0.2) is 64.4 Å². The van der Waals surface area contributed by atoms with E-state index in [9.17, 15) is 4.79 Å². The summed E-state index contributed by atoms with van der Waals surface area (Å²) >= 11 is 1.62. The Morgan fingerprint density at radius 2 is 1.83 bits per heavy atom. The van der Waals surface area contributed by atoms with Gasteiger partial charge in [0, 0.05) is 16.3 Å². The van der Waals surface area contributed by atoms with E-state index in [1.54, 1.807) is 11.8 Å². The number of nitrogens with one attached hydrogen (secondary N) is 1. The molecule has 0 aliphatic heterocycles. The van der Waals surface area contributed by atoms with Crippen LogP contribution in [0.3, 0.4) is 0 Å². The SMILES string of the molecule is CCN(CCO)CC(=O)Nc1ccccc1Sc1ccccc1. The molecule has 0 unspecified atom stereocenters. The lowest BCUT2D eigenvalue weighted by Gasteiger charge is -2.19. The van der Waals surface area contributed by atoms with Crippen LogP contribution in [0, 0.1) is 0 Å². The normalized spacial score (nSPS) is 10.7. The number of hydrogen-bond donors (Lipinski definition) is 2. The second kappa shape index (κ2) is 9.35. The third-order valence-corrected chi connectivity index (χ3v) is 4.45. The van der Waals surface area contributed by atoms with Gasteiger partial charge in [-0.2, -0.15) is 0 Å². The van der Waals surface area contributed by atoms with Gasteiger partial charge in [-0.25, -0.2) is 0 Å². The molecule has 4 nitrogen and oxygen atoms in total. The van der Waals surface area contributed by atoms with Crippen LogP contribution in [0.1, 0.15) is 6.92 Å². The van der Waals surface area contributed by atoms with Crippen LogP contribution in [0.5, 0.6) is 0 Å². The standard InChI is InChI=1S/C18H22N2O2S/c1-2-20(12-13-21)14-18(22)19-16-10-6-7-11-17(16)23-15-8-4-3-5-9-15/h3-11,21H,2,12-14H2,1H3,(H,19,22). The largest absolute Gasteiger partial charge is 0.395 e. The van der Waals surface area contributed by atoms with Gasteiger partial charge in [-0.15, -0.1) is 0 Å².